The number of fused-ring (bicyclic) bond motifs is 1. The number of thiophene rings is 1. The summed E-state index contributed by atoms with van der Waals surface area (Å²) in [4.78, 5) is 0.657. The van der Waals surface area contributed by atoms with Crippen LogP contribution in [0.4, 0.5) is 0 Å². The van der Waals surface area contributed by atoms with Gasteiger partial charge in [-0.05, 0) is 22.9 Å². The molecule has 0 N–H and O–H groups in total. The molecule has 0 bridgehead atoms. The Morgan fingerprint density at radius 1 is 1.54 bits per heavy atom. The van der Waals surface area contributed by atoms with Crippen LogP contribution in [0.2, 0.25) is 5.02 Å². The van der Waals surface area contributed by atoms with Crippen molar-refractivity contribution < 1.29 is 0 Å². The summed E-state index contributed by atoms with van der Waals surface area (Å²) in [5, 5.41) is 12.3. The van der Waals surface area contributed by atoms with E-state index in [4.69, 9.17) is 16.9 Å². The summed E-state index contributed by atoms with van der Waals surface area (Å²) in [5.74, 6) is 0. The quantitative estimate of drug-likeness (QED) is 0.679. The lowest BCUT2D eigenvalue weighted by Gasteiger charge is -2.00. The number of benzene rings is 1. The van der Waals surface area contributed by atoms with Crippen LogP contribution >= 0.6 is 35.6 Å². The minimum atomic E-state index is 0.445. The van der Waals surface area contributed by atoms with Crippen molar-refractivity contribution in [1.82, 2.24) is 0 Å². The number of nitriles is 1. The van der Waals surface area contributed by atoms with Gasteiger partial charge in [0, 0.05) is 4.90 Å². The Balaban J connectivity index is 2.98. The predicted molar refractivity (Wildman–Crippen MR) is 58.8 cm³/mol. The molecule has 4 heteroatoms. The van der Waals surface area contributed by atoms with E-state index < -0.39 is 0 Å². The van der Waals surface area contributed by atoms with E-state index in [1.165, 1.54) is 11.3 Å². The van der Waals surface area contributed by atoms with Crippen LogP contribution in [0.15, 0.2) is 22.4 Å². The summed E-state index contributed by atoms with van der Waals surface area (Å²) < 4.78 is 0.935. The first kappa shape index (κ1) is 8.89. The van der Waals surface area contributed by atoms with Crippen LogP contribution in [-0.4, -0.2) is 0 Å². The van der Waals surface area contributed by atoms with Gasteiger partial charge in [-0.3, -0.25) is 0 Å². The molecule has 2 aromatic rings. The maximum Gasteiger partial charge on any atom is 0.102 e. The van der Waals surface area contributed by atoms with Crippen molar-refractivity contribution in [3.63, 3.8) is 0 Å². The molecule has 0 saturated carbocycles. The van der Waals surface area contributed by atoms with E-state index in [2.05, 4.69) is 18.7 Å². The summed E-state index contributed by atoms with van der Waals surface area (Å²) in [5.41, 5.74) is 0.527. The van der Waals surface area contributed by atoms with Crippen LogP contribution in [0.5, 0.6) is 0 Å². The maximum absolute atomic E-state index is 8.90. The molecular formula is C9H4ClNS2. The van der Waals surface area contributed by atoms with Crippen LogP contribution in [0, 0.1) is 11.3 Å². The van der Waals surface area contributed by atoms with Gasteiger partial charge in [0.05, 0.1) is 15.3 Å². The van der Waals surface area contributed by atoms with Gasteiger partial charge in [-0.1, -0.05) is 11.6 Å². The molecule has 1 aromatic heterocycles. The van der Waals surface area contributed by atoms with Crippen LogP contribution in [0.3, 0.4) is 0 Å². The van der Waals surface area contributed by atoms with Crippen molar-refractivity contribution >= 4 is 45.7 Å². The van der Waals surface area contributed by atoms with Gasteiger partial charge in [0.25, 0.3) is 0 Å². The Bertz CT molecular complexity index is 510. The van der Waals surface area contributed by atoms with Crippen LogP contribution in [0.1, 0.15) is 5.56 Å². The fraction of sp³-hybridized carbons (Fsp3) is 0. The molecule has 2 rings (SSSR count). The highest BCUT2D eigenvalue weighted by Crippen LogP contribution is 2.34. The first-order valence-corrected chi connectivity index (χ1v) is 5.23. The van der Waals surface area contributed by atoms with Gasteiger partial charge in [-0.15, -0.1) is 24.0 Å². The summed E-state index contributed by atoms with van der Waals surface area (Å²) in [6.07, 6.45) is 0. The minimum absolute atomic E-state index is 0.445. The Hall–Kier alpha value is -0.690. The van der Waals surface area contributed by atoms with Gasteiger partial charge in [0.2, 0.25) is 0 Å². The normalized spacial score (nSPS) is 10.2. The molecule has 1 aromatic carbocycles. The van der Waals surface area contributed by atoms with Crippen molar-refractivity contribution in [2.45, 2.75) is 4.90 Å². The van der Waals surface area contributed by atoms with Gasteiger partial charge in [0.15, 0.2) is 0 Å². The Morgan fingerprint density at radius 3 is 3.00 bits per heavy atom. The molecule has 0 atom stereocenters. The lowest BCUT2D eigenvalue weighted by atomic mass is 10.2. The highest BCUT2D eigenvalue weighted by molar-refractivity contribution is 7.80. The molecule has 1 heterocycles. The monoisotopic (exact) mass is 225 g/mol. The van der Waals surface area contributed by atoms with E-state index in [1.54, 1.807) is 0 Å². The molecule has 0 aliphatic rings. The fourth-order valence-electron chi connectivity index (χ4n) is 1.17. The lowest BCUT2D eigenvalue weighted by Crippen LogP contribution is -1.79. The van der Waals surface area contributed by atoms with Gasteiger partial charge in [0.1, 0.15) is 6.07 Å². The van der Waals surface area contributed by atoms with E-state index >= 15 is 0 Å². The highest BCUT2D eigenvalue weighted by atomic mass is 35.5. The average Bonchev–Trinajstić information content (AvgIpc) is 2.54. The molecule has 0 radical (unpaired) electrons. The lowest BCUT2D eigenvalue weighted by molar-refractivity contribution is 1.46. The molecule has 13 heavy (non-hydrogen) atoms. The first-order chi connectivity index (χ1) is 6.24. The Kier molecular flexibility index (Phi) is 2.20. The van der Waals surface area contributed by atoms with E-state index in [9.17, 15) is 0 Å². The van der Waals surface area contributed by atoms with E-state index in [-0.39, 0.29) is 0 Å². The maximum atomic E-state index is 8.90. The summed E-state index contributed by atoms with van der Waals surface area (Å²) in [6, 6.07) is 5.92. The largest absolute Gasteiger partial charge is 0.192 e. The zero-order chi connectivity index (χ0) is 9.42. The van der Waals surface area contributed by atoms with E-state index in [0.29, 0.717) is 15.5 Å². The summed E-state index contributed by atoms with van der Waals surface area (Å²) in [6.45, 7) is 0. The molecule has 0 amide bonds. The van der Waals surface area contributed by atoms with Crippen molar-refractivity contribution in [1.29, 1.82) is 5.26 Å². The topological polar surface area (TPSA) is 23.8 Å². The van der Waals surface area contributed by atoms with Crippen molar-refractivity contribution in [3.8, 4) is 6.07 Å². The second-order valence-electron chi connectivity index (χ2n) is 2.54. The van der Waals surface area contributed by atoms with Crippen molar-refractivity contribution in [3.05, 3.63) is 28.1 Å². The average molecular weight is 226 g/mol. The van der Waals surface area contributed by atoms with Gasteiger partial charge in [-0.25, -0.2) is 0 Å². The summed E-state index contributed by atoms with van der Waals surface area (Å²) >= 11 is 11.7. The van der Waals surface area contributed by atoms with Crippen LogP contribution in [-0.2, 0) is 0 Å². The van der Waals surface area contributed by atoms with Gasteiger partial charge in [-0.2, -0.15) is 5.26 Å². The molecule has 0 fully saturated rings. The molecule has 0 aliphatic carbocycles. The minimum Gasteiger partial charge on any atom is -0.192 e. The second-order valence-corrected chi connectivity index (χ2v) is 4.31. The van der Waals surface area contributed by atoms with Gasteiger partial charge >= 0.3 is 0 Å². The van der Waals surface area contributed by atoms with E-state index in [0.717, 1.165) is 10.1 Å². The molecule has 0 spiro atoms. The zero-order valence-corrected chi connectivity index (χ0v) is 8.88. The van der Waals surface area contributed by atoms with Crippen LogP contribution in [0.25, 0.3) is 10.1 Å². The number of thiol groups is 1. The first-order valence-electron chi connectivity index (χ1n) is 3.53. The smallest absolute Gasteiger partial charge is 0.102 e. The zero-order valence-electron chi connectivity index (χ0n) is 6.41. The molecule has 0 saturated heterocycles. The van der Waals surface area contributed by atoms with Crippen molar-refractivity contribution in [2.75, 3.05) is 0 Å². The molecule has 1 nitrogen and oxygen atoms in total. The number of halogens is 1. The standard InChI is InChI=1S/C9H4ClNS2/c10-8-6(4-11)9-5(1-2-13-9)3-7(8)12/h1-3,12H. The fourth-order valence-corrected chi connectivity index (χ4v) is 2.55. The van der Waals surface area contributed by atoms with Gasteiger partial charge < -0.3 is 0 Å². The molecular weight excluding hydrogens is 222 g/mol. The summed E-state index contributed by atoms with van der Waals surface area (Å²) in [7, 11) is 0. The number of rotatable bonds is 0. The number of nitrogens with zero attached hydrogens (tertiary/aromatic N) is 1. The molecule has 64 valence electrons. The second kappa shape index (κ2) is 3.22. The Labute approximate surface area is 90.0 Å². The third kappa shape index (κ3) is 1.31. The molecule has 0 unspecified atom stereocenters. The SMILES string of the molecule is N#Cc1c(Cl)c(S)cc2ccsc12. The third-order valence-electron chi connectivity index (χ3n) is 1.77. The third-order valence-corrected chi connectivity index (χ3v) is 3.60. The van der Waals surface area contributed by atoms with Crippen LogP contribution < -0.4 is 0 Å². The van der Waals surface area contributed by atoms with Crippen molar-refractivity contribution in [2.24, 2.45) is 0 Å². The predicted octanol–water partition coefficient (Wildman–Crippen LogP) is 3.72. The number of hydrogen-bond donors (Lipinski definition) is 1. The Morgan fingerprint density at radius 2 is 2.31 bits per heavy atom. The van der Waals surface area contributed by atoms with E-state index in [1.807, 2.05) is 17.5 Å². The molecule has 0 aliphatic heterocycles. The number of hydrogen-bond acceptors (Lipinski definition) is 3. The highest BCUT2D eigenvalue weighted by Gasteiger charge is 2.09.